The van der Waals surface area contributed by atoms with E-state index in [1.54, 1.807) is 0 Å². The molecule has 0 saturated carbocycles. The number of rotatable bonds is 6. The summed E-state index contributed by atoms with van der Waals surface area (Å²) in [6.07, 6.45) is 2.81. The molecular formula is C31H34N2O6. The third-order valence-corrected chi connectivity index (χ3v) is 8.08. The Bertz CT molecular complexity index is 1350. The minimum Gasteiger partial charge on any atom is -0.459 e. The molecule has 3 atom stereocenters. The van der Waals surface area contributed by atoms with Crippen LogP contribution < -0.4 is 19.7 Å². The summed E-state index contributed by atoms with van der Waals surface area (Å²) in [6.45, 7) is 2.92. The highest BCUT2D eigenvalue weighted by Gasteiger charge is 2.42. The van der Waals surface area contributed by atoms with Gasteiger partial charge in [0.2, 0.25) is 6.79 Å². The van der Waals surface area contributed by atoms with Crippen LogP contribution in [0.4, 0.5) is 5.69 Å². The summed E-state index contributed by atoms with van der Waals surface area (Å²) >= 11 is 0. The van der Waals surface area contributed by atoms with Crippen LogP contribution in [0.3, 0.4) is 0 Å². The van der Waals surface area contributed by atoms with Gasteiger partial charge in [-0.3, -0.25) is 4.79 Å². The van der Waals surface area contributed by atoms with E-state index in [-0.39, 0.29) is 31.2 Å². The number of ketones is 1. The molecule has 3 unspecified atom stereocenters. The Hall–Kier alpha value is -3.78. The Morgan fingerprint density at radius 3 is 2.56 bits per heavy atom. The Kier molecular flexibility index (Phi) is 6.81. The molecule has 204 valence electrons. The molecule has 8 heteroatoms. The minimum atomic E-state index is -0.558. The number of esters is 1. The first kappa shape index (κ1) is 25.5. The summed E-state index contributed by atoms with van der Waals surface area (Å²) in [4.78, 5) is 29.5. The van der Waals surface area contributed by atoms with Gasteiger partial charge in [-0.25, -0.2) is 4.79 Å². The number of allylic oxidation sites excluding steroid dienone is 3. The predicted octanol–water partition coefficient (Wildman–Crippen LogP) is 4.57. The second kappa shape index (κ2) is 10.4. The molecule has 3 heterocycles. The summed E-state index contributed by atoms with van der Waals surface area (Å²) in [7, 11) is 4.02. The lowest BCUT2D eigenvalue weighted by Crippen LogP contribution is -2.36. The van der Waals surface area contributed by atoms with Crippen molar-refractivity contribution in [2.75, 3.05) is 39.0 Å². The van der Waals surface area contributed by atoms with Gasteiger partial charge in [0.1, 0.15) is 6.61 Å². The molecule has 1 saturated heterocycles. The van der Waals surface area contributed by atoms with E-state index in [1.165, 1.54) is 0 Å². The van der Waals surface area contributed by atoms with Crippen LogP contribution in [-0.4, -0.2) is 52.0 Å². The fourth-order valence-corrected chi connectivity index (χ4v) is 6.04. The molecular weight excluding hydrogens is 496 g/mol. The number of nitrogens with zero attached hydrogens (tertiary/aromatic N) is 1. The molecule has 0 bridgehead atoms. The number of carbonyl (C=O) groups excluding carboxylic acids is 2. The van der Waals surface area contributed by atoms with Gasteiger partial charge in [0.05, 0.1) is 11.7 Å². The van der Waals surface area contributed by atoms with Crippen molar-refractivity contribution in [3.8, 4) is 11.5 Å². The minimum absolute atomic E-state index is 0.0324. The van der Waals surface area contributed by atoms with Crippen LogP contribution in [-0.2, 0) is 19.1 Å². The van der Waals surface area contributed by atoms with Crippen LogP contribution in [0.15, 0.2) is 65.0 Å². The molecule has 0 radical (unpaired) electrons. The van der Waals surface area contributed by atoms with Gasteiger partial charge >= 0.3 is 5.97 Å². The molecule has 0 spiro atoms. The van der Waals surface area contributed by atoms with Crippen LogP contribution in [0.5, 0.6) is 11.5 Å². The molecule has 6 rings (SSSR count). The van der Waals surface area contributed by atoms with Gasteiger partial charge in [-0.1, -0.05) is 18.2 Å². The smallest absolute Gasteiger partial charge is 0.336 e. The number of dihydropyridines is 1. The van der Waals surface area contributed by atoms with Gasteiger partial charge in [-0.2, -0.15) is 0 Å². The second-order valence-corrected chi connectivity index (χ2v) is 10.8. The first-order valence-electron chi connectivity index (χ1n) is 13.6. The van der Waals surface area contributed by atoms with Crippen LogP contribution in [0, 0.1) is 0 Å². The lowest BCUT2D eigenvalue weighted by Gasteiger charge is -2.37. The van der Waals surface area contributed by atoms with E-state index in [0.29, 0.717) is 47.8 Å². The first-order valence-corrected chi connectivity index (χ1v) is 13.6. The third kappa shape index (κ3) is 4.89. The zero-order valence-electron chi connectivity index (χ0n) is 22.6. The lowest BCUT2D eigenvalue weighted by molar-refractivity contribution is -0.142. The van der Waals surface area contributed by atoms with Crippen LogP contribution in [0.1, 0.15) is 55.6 Å². The summed E-state index contributed by atoms with van der Waals surface area (Å²) in [6, 6.07) is 14.0. The molecule has 2 aromatic carbocycles. The Morgan fingerprint density at radius 2 is 1.82 bits per heavy atom. The molecule has 2 aromatic rings. The van der Waals surface area contributed by atoms with Gasteiger partial charge in [-0.15, -0.1) is 0 Å². The summed E-state index contributed by atoms with van der Waals surface area (Å²) < 4.78 is 22.6. The van der Waals surface area contributed by atoms with E-state index in [9.17, 15) is 9.59 Å². The first-order chi connectivity index (χ1) is 18.9. The van der Waals surface area contributed by atoms with Crippen molar-refractivity contribution in [1.29, 1.82) is 0 Å². The quantitative estimate of drug-likeness (QED) is 0.544. The number of benzene rings is 2. The van der Waals surface area contributed by atoms with Crippen molar-refractivity contribution >= 4 is 17.4 Å². The number of ether oxygens (including phenoxy) is 4. The fourth-order valence-electron chi connectivity index (χ4n) is 6.04. The molecule has 1 N–H and O–H groups in total. The zero-order chi connectivity index (χ0) is 27.1. The van der Waals surface area contributed by atoms with Crippen LogP contribution in [0.25, 0.3) is 0 Å². The highest BCUT2D eigenvalue weighted by atomic mass is 16.7. The summed E-state index contributed by atoms with van der Waals surface area (Å²) in [5, 5.41) is 3.43. The number of hydrogen-bond acceptors (Lipinski definition) is 8. The average Bonchev–Trinajstić information content (AvgIpc) is 3.62. The number of anilines is 1. The van der Waals surface area contributed by atoms with Gasteiger partial charge in [-0.05, 0) is 67.5 Å². The van der Waals surface area contributed by atoms with Gasteiger partial charge < -0.3 is 29.2 Å². The van der Waals surface area contributed by atoms with E-state index in [2.05, 4.69) is 34.5 Å². The Morgan fingerprint density at radius 1 is 1.05 bits per heavy atom. The molecule has 1 fully saturated rings. The molecule has 1 aliphatic carbocycles. The molecule has 8 nitrogen and oxygen atoms in total. The van der Waals surface area contributed by atoms with Crippen molar-refractivity contribution in [3.63, 3.8) is 0 Å². The lowest BCUT2D eigenvalue weighted by atomic mass is 9.71. The maximum Gasteiger partial charge on any atom is 0.336 e. The molecule has 39 heavy (non-hydrogen) atoms. The Labute approximate surface area is 228 Å². The van der Waals surface area contributed by atoms with Crippen molar-refractivity contribution in [2.45, 2.75) is 50.5 Å². The molecule has 0 amide bonds. The van der Waals surface area contributed by atoms with E-state index in [0.717, 1.165) is 35.4 Å². The normalized spacial score (nSPS) is 24.0. The number of hydrogen-bond donors (Lipinski definition) is 1. The maximum atomic E-state index is 13.9. The monoisotopic (exact) mass is 530 g/mol. The highest BCUT2D eigenvalue weighted by Crippen LogP contribution is 2.47. The van der Waals surface area contributed by atoms with Crippen molar-refractivity contribution in [2.24, 2.45) is 0 Å². The largest absolute Gasteiger partial charge is 0.459 e. The standard InChI is InChI=1S/C31H34N2O6/c1-18-28(31(35)37-16-23-5-4-12-36-23)29(20-8-11-26-27(15-20)39-17-38-26)30-24(32-18)13-21(14-25(30)34)19-6-9-22(10-7-19)33(2)3/h6-11,15,21,23,29,32H,4-5,12-14,16-17H2,1-3H3. The van der Waals surface area contributed by atoms with Gasteiger partial charge in [0.15, 0.2) is 17.3 Å². The number of Topliss-reactive ketones (excluding diaryl/α,β-unsaturated/α-hetero) is 1. The third-order valence-electron chi connectivity index (χ3n) is 8.08. The van der Waals surface area contributed by atoms with Crippen molar-refractivity contribution in [1.82, 2.24) is 5.32 Å². The highest BCUT2D eigenvalue weighted by molar-refractivity contribution is 6.04. The zero-order valence-corrected chi connectivity index (χ0v) is 22.6. The van der Waals surface area contributed by atoms with Crippen molar-refractivity contribution < 1.29 is 28.5 Å². The summed E-state index contributed by atoms with van der Waals surface area (Å²) in [5.41, 5.74) is 5.69. The average molecular weight is 531 g/mol. The fraction of sp³-hybridized carbons (Fsp3) is 0.419. The predicted molar refractivity (Wildman–Crippen MR) is 146 cm³/mol. The number of carbonyl (C=O) groups is 2. The SMILES string of the molecule is CC1=C(C(=O)OCC2CCCO2)C(c2ccc3c(c2)OCO3)C2=C(CC(c3ccc(N(C)C)cc3)CC2=O)N1. The van der Waals surface area contributed by atoms with E-state index >= 15 is 0 Å². The van der Waals surface area contributed by atoms with Crippen LogP contribution >= 0.6 is 0 Å². The summed E-state index contributed by atoms with van der Waals surface area (Å²) in [5.74, 6) is 0.362. The topological polar surface area (TPSA) is 86.3 Å². The van der Waals surface area contributed by atoms with Crippen LogP contribution in [0.2, 0.25) is 0 Å². The van der Waals surface area contributed by atoms with Crippen molar-refractivity contribution in [3.05, 3.63) is 76.1 Å². The van der Waals surface area contributed by atoms with Gasteiger partial charge in [0, 0.05) is 55.7 Å². The van der Waals surface area contributed by atoms with E-state index < -0.39 is 11.9 Å². The number of fused-ring (bicyclic) bond motifs is 1. The molecule has 4 aliphatic rings. The molecule has 0 aromatic heterocycles. The Balaban J connectivity index is 1.34. The second-order valence-electron chi connectivity index (χ2n) is 10.8. The molecule has 3 aliphatic heterocycles. The van der Waals surface area contributed by atoms with E-state index in [1.807, 2.05) is 39.2 Å². The van der Waals surface area contributed by atoms with E-state index in [4.69, 9.17) is 18.9 Å². The maximum absolute atomic E-state index is 13.9. The van der Waals surface area contributed by atoms with Gasteiger partial charge in [0.25, 0.3) is 0 Å². The number of nitrogens with one attached hydrogen (secondary N) is 1.